The van der Waals surface area contributed by atoms with Crippen molar-refractivity contribution in [2.75, 3.05) is 6.54 Å². The van der Waals surface area contributed by atoms with E-state index in [4.69, 9.17) is 5.73 Å². The topological polar surface area (TPSA) is 38.9 Å². The molecule has 0 aliphatic carbocycles. The van der Waals surface area contributed by atoms with Crippen molar-refractivity contribution in [3.05, 3.63) is 29.6 Å². The first-order valence-electron chi connectivity index (χ1n) is 4.06. The quantitative estimate of drug-likeness (QED) is 0.738. The van der Waals surface area contributed by atoms with Gasteiger partial charge < -0.3 is 5.73 Å². The molecular weight excluding hydrogens is 155 g/mol. The summed E-state index contributed by atoms with van der Waals surface area (Å²) in [7, 11) is 0. The third-order valence-corrected chi connectivity index (χ3v) is 1.67. The molecule has 0 fully saturated rings. The average Bonchev–Trinajstić information content (AvgIpc) is 2.15. The van der Waals surface area contributed by atoms with Gasteiger partial charge in [-0.2, -0.15) is 0 Å². The van der Waals surface area contributed by atoms with Crippen LogP contribution in [0.2, 0.25) is 0 Å². The molecule has 1 heterocycles. The lowest BCUT2D eigenvalue weighted by Crippen LogP contribution is -2.01. The Hall–Kier alpha value is -0.960. The zero-order valence-electron chi connectivity index (χ0n) is 6.96. The SMILES string of the molecule is NCCCc1cc(CF)ccn1. The van der Waals surface area contributed by atoms with Gasteiger partial charge in [-0.1, -0.05) is 0 Å². The van der Waals surface area contributed by atoms with Crippen molar-refractivity contribution >= 4 is 0 Å². The molecule has 0 saturated heterocycles. The summed E-state index contributed by atoms with van der Waals surface area (Å²) in [6.07, 6.45) is 3.38. The van der Waals surface area contributed by atoms with Crippen molar-refractivity contribution in [3.8, 4) is 0 Å². The van der Waals surface area contributed by atoms with E-state index in [1.165, 1.54) is 0 Å². The number of pyridine rings is 1. The zero-order valence-corrected chi connectivity index (χ0v) is 6.96. The number of nitrogens with two attached hydrogens (primary N) is 1. The Balaban J connectivity index is 2.60. The molecule has 0 aliphatic heterocycles. The second-order valence-electron chi connectivity index (χ2n) is 2.68. The van der Waals surface area contributed by atoms with E-state index in [1.54, 1.807) is 18.3 Å². The van der Waals surface area contributed by atoms with E-state index in [0.717, 1.165) is 18.5 Å². The van der Waals surface area contributed by atoms with Crippen LogP contribution in [0.15, 0.2) is 18.3 Å². The van der Waals surface area contributed by atoms with Gasteiger partial charge in [0.2, 0.25) is 0 Å². The summed E-state index contributed by atoms with van der Waals surface area (Å²) in [5.41, 5.74) is 6.96. The molecule has 66 valence electrons. The van der Waals surface area contributed by atoms with Gasteiger partial charge in [0.25, 0.3) is 0 Å². The van der Waals surface area contributed by atoms with E-state index in [1.807, 2.05) is 0 Å². The van der Waals surface area contributed by atoms with Gasteiger partial charge in [0.1, 0.15) is 6.67 Å². The van der Waals surface area contributed by atoms with Crippen LogP contribution in [0.3, 0.4) is 0 Å². The fourth-order valence-corrected chi connectivity index (χ4v) is 1.03. The lowest BCUT2D eigenvalue weighted by Gasteiger charge is -1.99. The maximum atomic E-state index is 12.2. The highest BCUT2D eigenvalue weighted by molar-refractivity contribution is 5.15. The van der Waals surface area contributed by atoms with Gasteiger partial charge in [0, 0.05) is 11.9 Å². The molecule has 0 radical (unpaired) electrons. The summed E-state index contributed by atoms with van der Waals surface area (Å²) in [5.74, 6) is 0. The smallest absolute Gasteiger partial charge is 0.115 e. The van der Waals surface area contributed by atoms with E-state index in [2.05, 4.69) is 4.98 Å². The van der Waals surface area contributed by atoms with Crippen molar-refractivity contribution < 1.29 is 4.39 Å². The monoisotopic (exact) mass is 168 g/mol. The van der Waals surface area contributed by atoms with Gasteiger partial charge in [0.15, 0.2) is 0 Å². The fraction of sp³-hybridized carbons (Fsp3) is 0.444. The van der Waals surface area contributed by atoms with Gasteiger partial charge in [-0.05, 0) is 37.1 Å². The minimum Gasteiger partial charge on any atom is -0.330 e. The first-order chi connectivity index (χ1) is 5.86. The number of hydrogen-bond acceptors (Lipinski definition) is 2. The van der Waals surface area contributed by atoms with Crippen LogP contribution in [-0.4, -0.2) is 11.5 Å². The Labute approximate surface area is 71.6 Å². The number of hydrogen-bond donors (Lipinski definition) is 1. The Morgan fingerprint density at radius 3 is 3.00 bits per heavy atom. The first-order valence-corrected chi connectivity index (χ1v) is 4.06. The Morgan fingerprint density at radius 1 is 1.50 bits per heavy atom. The largest absolute Gasteiger partial charge is 0.330 e. The molecule has 1 rings (SSSR count). The highest BCUT2D eigenvalue weighted by Crippen LogP contribution is 2.04. The number of alkyl halides is 1. The maximum absolute atomic E-state index is 12.2. The molecule has 2 N–H and O–H groups in total. The van der Waals surface area contributed by atoms with Crippen LogP contribution in [0.4, 0.5) is 4.39 Å². The fourth-order valence-electron chi connectivity index (χ4n) is 1.03. The second kappa shape index (κ2) is 4.83. The third-order valence-electron chi connectivity index (χ3n) is 1.67. The summed E-state index contributed by atoms with van der Waals surface area (Å²) in [4.78, 5) is 4.10. The van der Waals surface area contributed by atoms with E-state index in [9.17, 15) is 4.39 Å². The normalized spacial score (nSPS) is 10.2. The van der Waals surface area contributed by atoms with Crippen LogP contribution >= 0.6 is 0 Å². The number of aromatic nitrogens is 1. The van der Waals surface area contributed by atoms with Gasteiger partial charge in [-0.3, -0.25) is 4.98 Å². The predicted molar refractivity (Wildman–Crippen MR) is 46.4 cm³/mol. The number of aryl methyl sites for hydroxylation is 1. The van der Waals surface area contributed by atoms with Gasteiger partial charge in [-0.25, -0.2) is 4.39 Å². The molecule has 1 aromatic rings. The van der Waals surface area contributed by atoms with Gasteiger partial charge >= 0.3 is 0 Å². The molecule has 2 nitrogen and oxygen atoms in total. The number of halogens is 1. The molecule has 0 amide bonds. The first kappa shape index (κ1) is 9.13. The van der Waals surface area contributed by atoms with Crippen molar-refractivity contribution in [2.45, 2.75) is 19.5 Å². The molecule has 0 aliphatic rings. The highest BCUT2D eigenvalue weighted by Gasteiger charge is 1.95. The van der Waals surface area contributed by atoms with E-state index >= 15 is 0 Å². The molecular formula is C9H13FN2. The van der Waals surface area contributed by atoms with E-state index in [0.29, 0.717) is 12.1 Å². The Morgan fingerprint density at radius 2 is 2.33 bits per heavy atom. The standard InChI is InChI=1S/C9H13FN2/c10-7-8-3-5-12-9(6-8)2-1-4-11/h3,5-6H,1-2,4,7,11H2. The predicted octanol–water partition coefficient (Wildman–Crippen LogP) is 1.44. The van der Waals surface area contributed by atoms with Crippen LogP contribution in [0.25, 0.3) is 0 Å². The summed E-state index contributed by atoms with van der Waals surface area (Å²) < 4.78 is 12.2. The summed E-state index contributed by atoms with van der Waals surface area (Å²) in [6, 6.07) is 3.47. The second-order valence-corrected chi connectivity index (χ2v) is 2.68. The Kier molecular flexibility index (Phi) is 3.67. The Bertz CT molecular complexity index is 238. The van der Waals surface area contributed by atoms with Crippen LogP contribution < -0.4 is 5.73 Å². The molecule has 3 heteroatoms. The molecule has 0 bridgehead atoms. The molecule has 0 spiro atoms. The van der Waals surface area contributed by atoms with Crippen LogP contribution in [0.5, 0.6) is 0 Å². The van der Waals surface area contributed by atoms with Crippen molar-refractivity contribution in [1.29, 1.82) is 0 Å². The lowest BCUT2D eigenvalue weighted by molar-refractivity contribution is 0.484. The van der Waals surface area contributed by atoms with Gasteiger partial charge in [0.05, 0.1) is 0 Å². The molecule has 0 aromatic carbocycles. The minimum atomic E-state index is -0.419. The van der Waals surface area contributed by atoms with Gasteiger partial charge in [-0.15, -0.1) is 0 Å². The van der Waals surface area contributed by atoms with Crippen molar-refractivity contribution in [2.24, 2.45) is 5.73 Å². The third kappa shape index (κ3) is 2.58. The van der Waals surface area contributed by atoms with E-state index in [-0.39, 0.29) is 0 Å². The van der Waals surface area contributed by atoms with Crippen LogP contribution in [-0.2, 0) is 13.1 Å². The summed E-state index contributed by atoms with van der Waals surface area (Å²) >= 11 is 0. The molecule has 0 saturated carbocycles. The number of nitrogens with zero attached hydrogens (tertiary/aromatic N) is 1. The summed E-state index contributed by atoms with van der Waals surface area (Å²) in [6.45, 7) is 0.236. The maximum Gasteiger partial charge on any atom is 0.115 e. The molecule has 0 unspecified atom stereocenters. The lowest BCUT2D eigenvalue weighted by atomic mass is 10.2. The highest BCUT2D eigenvalue weighted by atomic mass is 19.1. The average molecular weight is 168 g/mol. The summed E-state index contributed by atoms with van der Waals surface area (Å²) in [5, 5.41) is 0. The van der Waals surface area contributed by atoms with Crippen molar-refractivity contribution in [3.63, 3.8) is 0 Å². The van der Waals surface area contributed by atoms with Crippen molar-refractivity contribution in [1.82, 2.24) is 4.98 Å². The number of rotatable bonds is 4. The van der Waals surface area contributed by atoms with Crippen LogP contribution in [0, 0.1) is 0 Å². The van der Waals surface area contributed by atoms with E-state index < -0.39 is 6.67 Å². The zero-order chi connectivity index (χ0) is 8.81. The van der Waals surface area contributed by atoms with Crippen LogP contribution in [0.1, 0.15) is 17.7 Å². The molecule has 1 aromatic heterocycles. The molecule has 0 atom stereocenters. The minimum absolute atomic E-state index is 0.419. The molecule has 12 heavy (non-hydrogen) atoms.